The lowest BCUT2D eigenvalue weighted by Gasteiger charge is -2.19. The van der Waals surface area contributed by atoms with Gasteiger partial charge in [0.2, 0.25) is 11.8 Å². The number of nitrogens with one attached hydrogen (secondary N) is 2. The summed E-state index contributed by atoms with van der Waals surface area (Å²) >= 11 is 0. The van der Waals surface area contributed by atoms with Crippen LogP contribution in [0.3, 0.4) is 0 Å². The summed E-state index contributed by atoms with van der Waals surface area (Å²) in [6.07, 6.45) is 5.42. The maximum Gasteiger partial charge on any atom is 0.226 e. The summed E-state index contributed by atoms with van der Waals surface area (Å²) in [6.45, 7) is 4.54. The minimum atomic E-state index is -0.405. The molecule has 2 N–H and O–H groups in total. The predicted octanol–water partition coefficient (Wildman–Crippen LogP) is 3.48. The average Bonchev–Trinajstić information content (AvgIpc) is 3.22. The van der Waals surface area contributed by atoms with Gasteiger partial charge < -0.3 is 19.9 Å². The lowest BCUT2D eigenvalue weighted by molar-refractivity contribution is -0.120. The lowest BCUT2D eigenvalue weighted by Crippen LogP contribution is -2.29. The van der Waals surface area contributed by atoms with E-state index >= 15 is 0 Å². The third kappa shape index (κ3) is 6.20. The first-order valence-corrected chi connectivity index (χ1v) is 9.82. The molecule has 0 saturated heterocycles. The van der Waals surface area contributed by atoms with E-state index in [-0.39, 0.29) is 18.2 Å². The zero-order valence-corrected chi connectivity index (χ0v) is 17.2. The number of hydrogen-bond donors (Lipinski definition) is 2. The lowest BCUT2D eigenvalue weighted by atomic mass is 10.0. The summed E-state index contributed by atoms with van der Waals surface area (Å²) in [7, 11) is 0. The van der Waals surface area contributed by atoms with Crippen LogP contribution in [-0.4, -0.2) is 28.0 Å². The van der Waals surface area contributed by atoms with E-state index in [4.69, 9.17) is 4.74 Å². The normalized spacial score (nSPS) is 11.5. The van der Waals surface area contributed by atoms with Crippen molar-refractivity contribution in [3.63, 3.8) is 0 Å². The molecule has 0 spiro atoms. The number of aromatic nitrogens is 2. The van der Waals surface area contributed by atoms with Crippen LogP contribution >= 0.6 is 0 Å². The van der Waals surface area contributed by atoms with Crippen molar-refractivity contribution in [1.29, 1.82) is 0 Å². The number of anilines is 1. The molecule has 2 aromatic carbocycles. The van der Waals surface area contributed by atoms with Crippen LogP contribution in [0.5, 0.6) is 5.75 Å². The van der Waals surface area contributed by atoms with Gasteiger partial charge in [0.05, 0.1) is 31.0 Å². The Labute approximate surface area is 176 Å². The number of para-hydroxylation sites is 2. The Morgan fingerprint density at radius 1 is 1.13 bits per heavy atom. The Kier molecular flexibility index (Phi) is 7.21. The fourth-order valence-corrected chi connectivity index (χ4v) is 3.06. The Bertz CT molecular complexity index is 968. The minimum Gasteiger partial charge on any atom is -0.490 e. The number of imidazole rings is 1. The van der Waals surface area contributed by atoms with Gasteiger partial charge in [0.15, 0.2) is 0 Å². The number of amides is 2. The van der Waals surface area contributed by atoms with E-state index in [1.165, 1.54) is 6.92 Å². The largest absolute Gasteiger partial charge is 0.490 e. The molecular formula is C23H26N4O3. The molecule has 30 heavy (non-hydrogen) atoms. The second-order valence-electron chi connectivity index (χ2n) is 7.06. The van der Waals surface area contributed by atoms with Crippen molar-refractivity contribution < 1.29 is 14.3 Å². The Hall–Kier alpha value is -3.61. The standard InChI is InChI=1S/C23H26N4O3/c1-17-7-9-19(10-8-17)21(25-18(2)28)15-23(29)26-20-5-3-4-6-22(20)30-14-13-27-12-11-24-16-27/h3-12,16,21H,13-15H2,1-2H3,(H,25,28)(H,26,29). The van der Waals surface area contributed by atoms with Crippen LogP contribution in [0.2, 0.25) is 0 Å². The molecule has 0 radical (unpaired) electrons. The highest BCUT2D eigenvalue weighted by Crippen LogP contribution is 2.25. The summed E-state index contributed by atoms with van der Waals surface area (Å²) in [4.78, 5) is 28.4. The van der Waals surface area contributed by atoms with Crippen molar-refractivity contribution in [2.45, 2.75) is 32.9 Å². The number of hydrogen-bond acceptors (Lipinski definition) is 4. The van der Waals surface area contributed by atoms with Crippen molar-refractivity contribution in [3.05, 3.63) is 78.4 Å². The molecule has 156 valence electrons. The molecule has 1 aromatic heterocycles. The molecule has 7 nitrogen and oxygen atoms in total. The zero-order valence-electron chi connectivity index (χ0n) is 17.2. The fraction of sp³-hybridized carbons (Fsp3) is 0.261. The number of benzene rings is 2. The van der Waals surface area contributed by atoms with Gasteiger partial charge in [0.1, 0.15) is 12.4 Å². The highest BCUT2D eigenvalue weighted by Gasteiger charge is 2.18. The molecule has 1 unspecified atom stereocenters. The first-order valence-electron chi connectivity index (χ1n) is 9.82. The van der Waals surface area contributed by atoms with Crippen molar-refractivity contribution in [2.24, 2.45) is 0 Å². The van der Waals surface area contributed by atoms with E-state index in [1.807, 2.05) is 60.2 Å². The monoisotopic (exact) mass is 406 g/mol. The molecule has 0 aliphatic carbocycles. The Morgan fingerprint density at radius 2 is 1.90 bits per heavy atom. The Morgan fingerprint density at radius 3 is 2.60 bits per heavy atom. The second-order valence-corrected chi connectivity index (χ2v) is 7.06. The predicted molar refractivity (Wildman–Crippen MR) is 115 cm³/mol. The van der Waals surface area contributed by atoms with Crippen molar-refractivity contribution in [3.8, 4) is 5.75 Å². The minimum absolute atomic E-state index is 0.117. The van der Waals surface area contributed by atoms with Crippen molar-refractivity contribution in [1.82, 2.24) is 14.9 Å². The molecule has 2 amide bonds. The number of carbonyl (C=O) groups is 2. The van der Waals surface area contributed by atoms with Crippen LogP contribution in [0, 0.1) is 6.92 Å². The van der Waals surface area contributed by atoms with Crippen LogP contribution in [0.15, 0.2) is 67.3 Å². The summed E-state index contributed by atoms with van der Waals surface area (Å²) in [5, 5.41) is 5.76. The van der Waals surface area contributed by atoms with E-state index in [0.717, 1.165) is 11.1 Å². The molecule has 0 aliphatic rings. The van der Waals surface area contributed by atoms with Gasteiger partial charge in [-0.1, -0.05) is 42.0 Å². The van der Waals surface area contributed by atoms with Crippen molar-refractivity contribution in [2.75, 3.05) is 11.9 Å². The molecular weight excluding hydrogens is 380 g/mol. The molecule has 7 heteroatoms. The average molecular weight is 406 g/mol. The van der Waals surface area contributed by atoms with Crippen LogP contribution in [-0.2, 0) is 16.1 Å². The van der Waals surface area contributed by atoms with Crippen LogP contribution < -0.4 is 15.4 Å². The second kappa shape index (κ2) is 10.2. The van der Waals surface area contributed by atoms with E-state index in [0.29, 0.717) is 24.6 Å². The van der Waals surface area contributed by atoms with Gasteiger partial charge in [-0.05, 0) is 24.6 Å². The van der Waals surface area contributed by atoms with Gasteiger partial charge in [-0.2, -0.15) is 0 Å². The molecule has 0 saturated carbocycles. The molecule has 0 bridgehead atoms. The first kappa shape index (κ1) is 21.1. The quantitative estimate of drug-likeness (QED) is 0.570. The van der Waals surface area contributed by atoms with E-state index in [2.05, 4.69) is 15.6 Å². The number of carbonyl (C=O) groups excluding carboxylic acids is 2. The molecule has 3 aromatic rings. The maximum absolute atomic E-state index is 12.7. The molecule has 0 fully saturated rings. The van der Waals surface area contributed by atoms with Crippen LogP contribution in [0.25, 0.3) is 0 Å². The fourth-order valence-electron chi connectivity index (χ4n) is 3.06. The van der Waals surface area contributed by atoms with Gasteiger partial charge in [0.25, 0.3) is 0 Å². The van der Waals surface area contributed by atoms with E-state index < -0.39 is 6.04 Å². The summed E-state index contributed by atoms with van der Waals surface area (Å²) < 4.78 is 7.76. The number of rotatable bonds is 9. The van der Waals surface area contributed by atoms with Crippen molar-refractivity contribution >= 4 is 17.5 Å². The van der Waals surface area contributed by atoms with Gasteiger partial charge >= 0.3 is 0 Å². The highest BCUT2D eigenvalue weighted by molar-refractivity contribution is 5.93. The van der Waals surface area contributed by atoms with Gasteiger partial charge in [-0.25, -0.2) is 4.98 Å². The van der Waals surface area contributed by atoms with Gasteiger partial charge in [0, 0.05) is 19.3 Å². The summed E-state index contributed by atoms with van der Waals surface area (Å²) in [5.74, 6) is 0.203. The number of aryl methyl sites for hydroxylation is 1. The number of ether oxygens (including phenoxy) is 1. The van der Waals surface area contributed by atoms with E-state index in [9.17, 15) is 9.59 Å². The topological polar surface area (TPSA) is 85.3 Å². The zero-order chi connectivity index (χ0) is 21.3. The Balaban J connectivity index is 1.63. The molecule has 3 rings (SSSR count). The number of nitrogens with zero attached hydrogens (tertiary/aromatic N) is 2. The third-order valence-corrected chi connectivity index (χ3v) is 4.57. The smallest absolute Gasteiger partial charge is 0.226 e. The van der Waals surface area contributed by atoms with Gasteiger partial charge in [-0.3, -0.25) is 9.59 Å². The first-order chi connectivity index (χ1) is 14.5. The van der Waals surface area contributed by atoms with Crippen LogP contribution in [0.4, 0.5) is 5.69 Å². The summed E-state index contributed by atoms with van der Waals surface area (Å²) in [5.41, 5.74) is 2.60. The molecule has 1 atom stereocenters. The molecule has 0 aliphatic heterocycles. The van der Waals surface area contributed by atoms with Gasteiger partial charge in [-0.15, -0.1) is 0 Å². The summed E-state index contributed by atoms with van der Waals surface area (Å²) in [6, 6.07) is 14.7. The van der Waals surface area contributed by atoms with E-state index in [1.54, 1.807) is 18.6 Å². The third-order valence-electron chi connectivity index (χ3n) is 4.57. The SMILES string of the molecule is CC(=O)NC(CC(=O)Nc1ccccc1OCCn1ccnc1)c1ccc(C)cc1. The molecule has 1 heterocycles. The highest BCUT2D eigenvalue weighted by atomic mass is 16.5. The maximum atomic E-state index is 12.7. The van der Waals surface area contributed by atoms with Crippen LogP contribution in [0.1, 0.15) is 30.5 Å².